The van der Waals surface area contributed by atoms with Gasteiger partial charge in [-0.2, -0.15) is 0 Å². The third-order valence-electron chi connectivity index (χ3n) is 5.29. The Hall–Kier alpha value is -2.40. The van der Waals surface area contributed by atoms with Gasteiger partial charge in [0.25, 0.3) is 0 Å². The van der Waals surface area contributed by atoms with Crippen molar-refractivity contribution in [2.24, 2.45) is 17.6 Å². The van der Waals surface area contributed by atoms with Crippen molar-refractivity contribution in [1.29, 1.82) is 0 Å². The Morgan fingerprint density at radius 3 is 2.76 bits per heavy atom. The number of carbonyl (C=O) groups is 2. The Kier molecular flexibility index (Phi) is 4.17. The summed E-state index contributed by atoms with van der Waals surface area (Å²) in [5.74, 6) is 0.186. The monoisotopic (exact) mass is 337 g/mol. The van der Waals surface area contributed by atoms with Crippen LogP contribution >= 0.6 is 0 Å². The molecule has 130 valence electrons. The SMILES string of the molecule is NC(CNC(=O)C1CC(=O)N(c2cccc3ccccc23)C1)C1CC1. The number of benzene rings is 2. The normalized spacial score (nSPS) is 21.6. The van der Waals surface area contributed by atoms with Crippen LogP contribution in [0.2, 0.25) is 0 Å². The fourth-order valence-corrected chi connectivity index (χ4v) is 3.61. The van der Waals surface area contributed by atoms with Crippen molar-refractivity contribution in [3.8, 4) is 0 Å². The summed E-state index contributed by atoms with van der Waals surface area (Å²) in [6.45, 7) is 0.930. The Morgan fingerprint density at radius 2 is 1.96 bits per heavy atom. The molecule has 0 aromatic heterocycles. The van der Waals surface area contributed by atoms with Crippen LogP contribution in [0.25, 0.3) is 10.8 Å². The van der Waals surface area contributed by atoms with Gasteiger partial charge in [-0.1, -0.05) is 36.4 Å². The Balaban J connectivity index is 1.47. The van der Waals surface area contributed by atoms with Gasteiger partial charge < -0.3 is 16.0 Å². The lowest BCUT2D eigenvalue weighted by atomic mass is 10.1. The molecule has 0 radical (unpaired) electrons. The van der Waals surface area contributed by atoms with E-state index in [0.717, 1.165) is 29.3 Å². The van der Waals surface area contributed by atoms with E-state index in [9.17, 15) is 9.59 Å². The summed E-state index contributed by atoms with van der Waals surface area (Å²) in [7, 11) is 0. The fraction of sp³-hybridized carbons (Fsp3) is 0.400. The second-order valence-corrected chi connectivity index (χ2v) is 7.15. The molecule has 25 heavy (non-hydrogen) atoms. The lowest BCUT2D eigenvalue weighted by Gasteiger charge is -2.19. The van der Waals surface area contributed by atoms with Crippen LogP contribution in [-0.2, 0) is 9.59 Å². The second kappa shape index (κ2) is 6.48. The smallest absolute Gasteiger partial charge is 0.227 e. The standard InChI is InChI=1S/C20H23N3O2/c21-17(14-8-9-14)11-22-20(25)15-10-19(24)23(12-15)18-7-3-5-13-4-1-2-6-16(13)18/h1-7,14-15,17H,8-12,21H2,(H,22,25). The van der Waals surface area contributed by atoms with Crippen LogP contribution in [0.5, 0.6) is 0 Å². The predicted octanol–water partition coefficient (Wildman–Crippen LogP) is 2.05. The summed E-state index contributed by atoms with van der Waals surface area (Å²) in [6, 6.07) is 14.0. The molecule has 2 amide bonds. The fourth-order valence-electron chi connectivity index (χ4n) is 3.61. The van der Waals surface area contributed by atoms with Gasteiger partial charge in [-0.25, -0.2) is 0 Å². The summed E-state index contributed by atoms with van der Waals surface area (Å²) in [5.41, 5.74) is 6.92. The molecule has 5 heteroatoms. The van der Waals surface area contributed by atoms with Gasteiger partial charge in [-0.3, -0.25) is 9.59 Å². The van der Waals surface area contributed by atoms with Crippen molar-refractivity contribution >= 4 is 28.3 Å². The minimum atomic E-state index is -0.308. The third-order valence-corrected chi connectivity index (χ3v) is 5.29. The summed E-state index contributed by atoms with van der Waals surface area (Å²) in [5, 5.41) is 5.06. The number of nitrogens with two attached hydrogens (primary N) is 1. The number of nitrogens with one attached hydrogen (secondary N) is 1. The highest BCUT2D eigenvalue weighted by molar-refractivity contribution is 6.06. The maximum atomic E-state index is 12.5. The molecule has 2 fully saturated rings. The van der Waals surface area contributed by atoms with E-state index in [1.807, 2.05) is 42.5 Å². The van der Waals surface area contributed by atoms with Crippen LogP contribution in [-0.4, -0.2) is 30.9 Å². The number of anilines is 1. The average Bonchev–Trinajstić information content (AvgIpc) is 3.41. The van der Waals surface area contributed by atoms with Crippen molar-refractivity contribution in [3.05, 3.63) is 42.5 Å². The van der Waals surface area contributed by atoms with Gasteiger partial charge in [0.15, 0.2) is 0 Å². The maximum absolute atomic E-state index is 12.5. The molecule has 5 nitrogen and oxygen atoms in total. The Labute approximate surface area is 147 Å². The Morgan fingerprint density at radius 1 is 1.20 bits per heavy atom. The van der Waals surface area contributed by atoms with E-state index in [2.05, 4.69) is 5.32 Å². The first-order valence-corrected chi connectivity index (χ1v) is 8.95. The zero-order valence-electron chi connectivity index (χ0n) is 14.2. The quantitative estimate of drug-likeness (QED) is 0.877. The van der Waals surface area contributed by atoms with E-state index in [1.165, 1.54) is 0 Å². The minimum Gasteiger partial charge on any atom is -0.354 e. The van der Waals surface area contributed by atoms with Crippen molar-refractivity contribution < 1.29 is 9.59 Å². The minimum absolute atomic E-state index is 0.00277. The molecule has 1 heterocycles. The molecular formula is C20H23N3O2. The van der Waals surface area contributed by atoms with Crippen LogP contribution in [0.15, 0.2) is 42.5 Å². The number of amides is 2. The summed E-state index contributed by atoms with van der Waals surface area (Å²) in [4.78, 5) is 26.7. The third kappa shape index (κ3) is 3.24. The van der Waals surface area contributed by atoms with E-state index in [-0.39, 0.29) is 30.2 Å². The molecule has 2 atom stereocenters. The lowest BCUT2D eigenvalue weighted by Crippen LogP contribution is -2.41. The molecule has 2 aromatic carbocycles. The largest absolute Gasteiger partial charge is 0.354 e. The molecule has 0 spiro atoms. The van der Waals surface area contributed by atoms with Gasteiger partial charge in [-0.15, -0.1) is 0 Å². The average molecular weight is 337 g/mol. The van der Waals surface area contributed by atoms with Crippen LogP contribution in [0, 0.1) is 11.8 Å². The molecule has 3 N–H and O–H groups in total. The number of hydrogen-bond acceptors (Lipinski definition) is 3. The van der Waals surface area contributed by atoms with Gasteiger partial charge in [0.2, 0.25) is 11.8 Å². The zero-order chi connectivity index (χ0) is 17.4. The first kappa shape index (κ1) is 16.1. The van der Waals surface area contributed by atoms with Gasteiger partial charge >= 0.3 is 0 Å². The number of carbonyl (C=O) groups excluding carboxylic acids is 2. The molecule has 2 aromatic rings. The number of fused-ring (bicyclic) bond motifs is 1. The molecule has 4 rings (SSSR count). The van der Waals surface area contributed by atoms with Crippen molar-refractivity contribution in [1.82, 2.24) is 5.32 Å². The first-order valence-electron chi connectivity index (χ1n) is 8.95. The number of nitrogens with zero attached hydrogens (tertiary/aromatic N) is 1. The highest BCUT2D eigenvalue weighted by Gasteiger charge is 2.36. The summed E-state index contributed by atoms with van der Waals surface area (Å²) < 4.78 is 0. The molecule has 1 saturated carbocycles. The van der Waals surface area contributed by atoms with Gasteiger partial charge in [0.1, 0.15) is 0 Å². The van der Waals surface area contributed by atoms with Gasteiger partial charge in [0, 0.05) is 30.9 Å². The van der Waals surface area contributed by atoms with Gasteiger partial charge in [-0.05, 0) is 30.2 Å². The van der Waals surface area contributed by atoms with E-state index in [4.69, 9.17) is 5.73 Å². The molecule has 2 unspecified atom stereocenters. The molecule has 1 saturated heterocycles. The number of rotatable bonds is 5. The molecule has 1 aliphatic carbocycles. The molecule has 0 bridgehead atoms. The summed E-state index contributed by atoms with van der Waals surface area (Å²) in [6.07, 6.45) is 2.58. The molecular weight excluding hydrogens is 314 g/mol. The van der Waals surface area contributed by atoms with Crippen molar-refractivity contribution in [2.75, 3.05) is 18.0 Å². The van der Waals surface area contributed by atoms with E-state index < -0.39 is 0 Å². The molecule has 1 aliphatic heterocycles. The van der Waals surface area contributed by atoms with Crippen LogP contribution in [0.3, 0.4) is 0 Å². The Bertz CT molecular complexity index is 810. The molecule has 2 aliphatic rings. The zero-order valence-corrected chi connectivity index (χ0v) is 14.2. The number of hydrogen-bond donors (Lipinski definition) is 2. The summed E-state index contributed by atoms with van der Waals surface area (Å²) >= 11 is 0. The van der Waals surface area contributed by atoms with E-state index >= 15 is 0 Å². The highest BCUT2D eigenvalue weighted by atomic mass is 16.2. The van der Waals surface area contributed by atoms with Crippen LogP contribution in [0.4, 0.5) is 5.69 Å². The highest BCUT2D eigenvalue weighted by Crippen LogP contribution is 2.32. The second-order valence-electron chi connectivity index (χ2n) is 7.15. The maximum Gasteiger partial charge on any atom is 0.227 e. The predicted molar refractivity (Wildman–Crippen MR) is 98.1 cm³/mol. The van der Waals surface area contributed by atoms with E-state index in [1.54, 1.807) is 4.90 Å². The first-order chi connectivity index (χ1) is 12.1. The van der Waals surface area contributed by atoms with Gasteiger partial charge in [0.05, 0.1) is 11.6 Å². The topological polar surface area (TPSA) is 75.4 Å². The van der Waals surface area contributed by atoms with Crippen molar-refractivity contribution in [2.45, 2.75) is 25.3 Å². The lowest BCUT2D eigenvalue weighted by molar-refractivity contribution is -0.126. The van der Waals surface area contributed by atoms with E-state index in [0.29, 0.717) is 19.0 Å². The van der Waals surface area contributed by atoms with Crippen molar-refractivity contribution in [3.63, 3.8) is 0 Å². The van der Waals surface area contributed by atoms with Crippen LogP contribution in [0.1, 0.15) is 19.3 Å². The van der Waals surface area contributed by atoms with Crippen LogP contribution < -0.4 is 16.0 Å².